The Morgan fingerprint density at radius 2 is 1.18 bits per heavy atom. The van der Waals surface area contributed by atoms with Crippen molar-refractivity contribution in [1.29, 1.82) is 10.8 Å². The van der Waals surface area contributed by atoms with Crippen LogP contribution in [0.1, 0.15) is 46.0 Å². The van der Waals surface area contributed by atoms with Gasteiger partial charge in [-0.2, -0.15) is 0 Å². The van der Waals surface area contributed by atoms with Crippen LogP contribution in [0.25, 0.3) is 0 Å². The van der Waals surface area contributed by atoms with Gasteiger partial charge in [-0.05, 0) is 39.5 Å². The third-order valence-corrected chi connectivity index (χ3v) is 1.60. The van der Waals surface area contributed by atoms with Crippen molar-refractivity contribution < 1.29 is 0 Å². The van der Waals surface area contributed by atoms with E-state index in [0.717, 1.165) is 43.5 Å². The van der Waals surface area contributed by atoms with E-state index in [1.165, 1.54) is 0 Å². The van der Waals surface area contributed by atoms with Crippen LogP contribution in [-0.4, -0.2) is 11.4 Å². The highest BCUT2D eigenvalue weighted by atomic mass is 14.4. The molecule has 0 fully saturated rings. The first-order valence-electron chi connectivity index (χ1n) is 4.21. The number of nitrogens with one attached hydrogen (secondary N) is 2. The molecule has 0 saturated carbocycles. The maximum Gasteiger partial charge on any atom is 0.00582 e. The molecule has 0 aliphatic carbocycles. The minimum atomic E-state index is 0.775. The normalized spacial score (nSPS) is 9.64. The second-order valence-corrected chi connectivity index (χ2v) is 3.12. The van der Waals surface area contributed by atoms with E-state index < -0.39 is 0 Å². The second-order valence-electron chi connectivity index (χ2n) is 3.12. The lowest BCUT2D eigenvalue weighted by Crippen LogP contribution is -1.91. The van der Waals surface area contributed by atoms with E-state index in [0.29, 0.717) is 0 Å². The highest BCUT2D eigenvalue weighted by Crippen LogP contribution is 2.03. The minimum absolute atomic E-state index is 0.775. The van der Waals surface area contributed by atoms with Crippen molar-refractivity contribution >= 4 is 11.4 Å². The predicted molar refractivity (Wildman–Crippen MR) is 49.9 cm³/mol. The van der Waals surface area contributed by atoms with Crippen LogP contribution in [0, 0.1) is 10.8 Å². The van der Waals surface area contributed by atoms with Crippen molar-refractivity contribution in [2.24, 2.45) is 0 Å². The van der Waals surface area contributed by atoms with Gasteiger partial charge >= 0.3 is 0 Å². The van der Waals surface area contributed by atoms with E-state index in [4.69, 9.17) is 10.8 Å². The molecule has 0 unspecified atom stereocenters. The summed E-state index contributed by atoms with van der Waals surface area (Å²) in [6.45, 7) is 3.70. The van der Waals surface area contributed by atoms with Crippen molar-refractivity contribution in [2.45, 2.75) is 46.0 Å². The average Bonchev–Trinajstić information content (AvgIpc) is 1.85. The molecule has 11 heavy (non-hydrogen) atoms. The summed E-state index contributed by atoms with van der Waals surface area (Å²) in [7, 11) is 0. The van der Waals surface area contributed by atoms with Gasteiger partial charge in [-0.15, -0.1) is 0 Å². The fourth-order valence-electron chi connectivity index (χ4n) is 0.957. The van der Waals surface area contributed by atoms with Crippen LogP contribution in [0.4, 0.5) is 0 Å². The van der Waals surface area contributed by atoms with Crippen LogP contribution in [0.15, 0.2) is 0 Å². The third-order valence-electron chi connectivity index (χ3n) is 1.60. The molecule has 0 aliphatic heterocycles. The van der Waals surface area contributed by atoms with Crippen LogP contribution < -0.4 is 0 Å². The summed E-state index contributed by atoms with van der Waals surface area (Å²) >= 11 is 0. The Morgan fingerprint density at radius 1 is 0.818 bits per heavy atom. The largest absolute Gasteiger partial charge is 0.310 e. The van der Waals surface area contributed by atoms with Crippen molar-refractivity contribution in [2.75, 3.05) is 0 Å². The van der Waals surface area contributed by atoms with Crippen LogP contribution in [-0.2, 0) is 0 Å². The number of rotatable bonds is 6. The van der Waals surface area contributed by atoms with Gasteiger partial charge in [-0.25, -0.2) is 0 Å². The van der Waals surface area contributed by atoms with Gasteiger partial charge in [0.15, 0.2) is 0 Å². The number of hydrogen-bond donors (Lipinski definition) is 2. The van der Waals surface area contributed by atoms with Crippen LogP contribution in [0.2, 0.25) is 0 Å². The van der Waals surface area contributed by atoms with Gasteiger partial charge in [0.25, 0.3) is 0 Å². The Balaban J connectivity index is 3.03. The first-order valence-corrected chi connectivity index (χ1v) is 4.21. The summed E-state index contributed by atoms with van der Waals surface area (Å²) in [6.07, 6.45) is 5.24. The smallest absolute Gasteiger partial charge is 0.00582 e. The van der Waals surface area contributed by atoms with Crippen LogP contribution in [0.3, 0.4) is 0 Å². The summed E-state index contributed by atoms with van der Waals surface area (Å²) in [5, 5.41) is 14.3. The molecule has 0 radical (unpaired) electrons. The molecule has 0 aromatic heterocycles. The summed E-state index contributed by atoms with van der Waals surface area (Å²) in [5.41, 5.74) is 1.55. The van der Waals surface area contributed by atoms with E-state index in [9.17, 15) is 0 Å². The molecule has 64 valence electrons. The number of hydrogen-bond acceptors (Lipinski definition) is 2. The molecule has 0 heterocycles. The third kappa shape index (κ3) is 9.34. The fraction of sp³-hybridized carbons (Fsp3) is 0.778. The average molecular weight is 154 g/mol. The molecule has 0 saturated heterocycles. The van der Waals surface area contributed by atoms with Gasteiger partial charge in [0.2, 0.25) is 0 Å². The van der Waals surface area contributed by atoms with Crippen LogP contribution in [0.5, 0.6) is 0 Å². The van der Waals surface area contributed by atoms with Gasteiger partial charge < -0.3 is 10.8 Å². The molecule has 0 aromatic carbocycles. The molecule has 2 nitrogen and oxygen atoms in total. The highest BCUT2D eigenvalue weighted by molar-refractivity contribution is 5.78. The van der Waals surface area contributed by atoms with E-state index >= 15 is 0 Å². The topological polar surface area (TPSA) is 47.7 Å². The molecule has 2 heteroatoms. The predicted octanol–water partition coefficient (Wildman–Crippen LogP) is 3.02. The standard InChI is InChI=1S/C9H18N2/c1-8(10)6-4-3-5-7-9(2)11/h10-11H,3-7H2,1-2H3. The maximum absolute atomic E-state index is 7.17. The fourth-order valence-corrected chi connectivity index (χ4v) is 0.957. The molecule has 2 N–H and O–H groups in total. The Bertz CT molecular complexity index is 122. The van der Waals surface area contributed by atoms with E-state index in [1.807, 2.05) is 13.8 Å². The molecular formula is C9H18N2. The first-order chi connectivity index (χ1) is 5.13. The zero-order chi connectivity index (χ0) is 8.69. The summed E-state index contributed by atoms with van der Waals surface area (Å²) in [4.78, 5) is 0. The maximum atomic E-state index is 7.17. The molecule has 0 rings (SSSR count). The van der Waals surface area contributed by atoms with E-state index in [2.05, 4.69) is 0 Å². The van der Waals surface area contributed by atoms with Crippen molar-refractivity contribution in [3.8, 4) is 0 Å². The van der Waals surface area contributed by atoms with Gasteiger partial charge in [-0.1, -0.05) is 6.42 Å². The monoisotopic (exact) mass is 154 g/mol. The summed E-state index contributed by atoms with van der Waals surface area (Å²) in [5.74, 6) is 0. The zero-order valence-corrected chi connectivity index (χ0v) is 7.54. The quantitative estimate of drug-likeness (QED) is 0.436. The molecular weight excluding hydrogens is 136 g/mol. The van der Waals surface area contributed by atoms with Crippen LogP contribution >= 0.6 is 0 Å². The summed E-state index contributed by atoms with van der Waals surface area (Å²) in [6, 6.07) is 0. The molecule has 0 amide bonds. The SMILES string of the molecule is CC(=N)CCCCCC(C)=N. The lowest BCUT2D eigenvalue weighted by atomic mass is 10.1. The lowest BCUT2D eigenvalue weighted by Gasteiger charge is -1.98. The summed E-state index contributed by atoms with van der Waals surface area (Å²) < 4.78 is 0. The van der Waals surface area contributed by atoms with Gasteiger partial charge in [0.05, 0.1) is 0 Å². The zero-order valence-electron chi connectivity index (χ0n) is 7.54. The molecule has 0 aliphatic rings. The lowest BCUT2D eigenvalue weighted by molar-refractivity contribution is 0.713. The van der Waals surface area contributed by atoms with E-state index in [-0.39, 0.29) is 0 Å². The van der Waals surface area contributed by atoms with E-state index in [1.54, 1.807) is 0 Å². The number of unbranched alkanes of at least 4 members (excludes halogenated alkanes) is 2. The van der Waals surface area contributed by atoms with Crippen molar-refractivity contribution in [3.63, 3.8) is 0 Å². The Kier molecular flexibility index (Phi) is 5.71. The molecule has 0 aromatic rings. The molecule has 0 spiro atoms. The highest BCUT2D eigenvalue weighted by Gasteiger charge is 1.92. The Hall–Kier alpha value is -0.660. The molecule has 0 bridgehead atoms. The van der Waals surface area contributed by atoms with Crippen molar-refractivity contribution in [1.82, 2.24) is 0 Å². The molecule has 0 atom stereocenters. The Morgan fingerprint density at radius 3 is 1.45 bits per heavy atom. The van der Waals surface area contributed by atoms with Gasteiger partial charge in [-0.3, -0.25) is 0 Å². The first kappa shape index (κ1) is 10.3. The Labute approximate surface area is 69.0 Å². The second kappa shape index (κ2) is 6.08. The van der Waals surface area contributed by atoms with Gasteiger partial charge in [0.1, 0.15) is 0 Å². The van der Waals surface area contributed by atoms with Gasteiger partial charge in [0, 0.05) is 11.4 Å². The minimum Gasteiger partial charge on any atom is -0.310 e. The van der Waals surface area contributed by atoms with Crippen molar-refractivity contribution in [3.05, 3.63) is 0 Å².